The van der Waals surface area contributed by atoms with E-state index in [1.54, 1.807) is 12.1 Å². The quantitative estimate of drug-likeness (QED) is 0.766. The van der Waals surface area contributed by atoms with Gasteiger partial charge in [0, 0.05) is 30.3 Å². The van der Waals surface area contributed by atoms with Gasteiger partial charge in [0.25, 0.3) is 5.56 Å². The molecular formula is C18H21FN2O3. The summed E-state index contributed by atoms with van der Waals surface area (Å²) in [4.78, 5) is 26.4. The topological polar surface area (TPSA) is 71.2 Å². The smallest absolute Gasteiger partial charge is 0.253 e. The first-order valence-electron chi connectivity index (χ1n) is 7.80. The minimum Gasteiger partial charge on any atom is -0.493 e. The van der Waals surface area contributed by atoms with Crippen molar-refractivity contribution in [3.63, 3.8) is 0 Å². The maximum Gasteiger partial charge on any atom is 0.253 e. The van der Waals surface area contributed by atoms with Gasteiger partial charge >= 0.3 is 0 Å². The van der Waals surface area contributed by atoms with E-state index >= 15 is 0 Å². The van der Waals surface area contributed by atoms with Gasteiger partial charge in [-0.2, -0.15) is 0 Å². The van der Waals surface area contributed by atoms with E-state index in [1.165, 1.54) is 12.1 Å². The van der Waals surface area contributed by atoms with Gasteiger partial charge in [0.2, 0.25) is 5.91 Å². The van der Waals surface area contributed by atoms with Gasteiger partial charge in [0.15, 0.2) is 0 Å². The molecule has 0 unspecified atom stereocenters. The zero-order valence-corrected chi connectivity index (χ0v) is 13.8. The molecule has 6 heteroatoms. The minimum absolute atomic E-state index is 0.155. The van der Waals surface area contributed by atoms with Crippen molar-refractivity contribution in [3.05, 3.63) is 63.3 Å². The van der Waals surface area contributed by atoms with E-state index in [0.29, 0.717) is 24.3 Å². The molecule has 2 N–H and O–H groups in total. The van der Waals surface area contributed by atoms with Crippen molar-refractivity contribution in [2.45, 2.75) is 33.2 Å². The lowest BCUT2D eigenvalue weighted by atomic mass is 10.1. The van der Waals surface area contributed by atoms with Crippen LogP contribution in [0.2, 0.25) is 0 Å². The van der Waals surface area contributed by atoms with Gasteiger partial charge < -0.3 is 15.0 Å². The Balaban J connectivity index is 1.73. The lowest BCUT2D eigenvalue weighted by molar-refractivity contribution is -0.121. The molecular weight excluding hydrogens is 311 g/mol. The van der Waals surface area contributed by atoms with E-state index < -0.39 is 0 Å². The Kier molecular flexibility index (Phi) is 6.12. The van der Waals surface area contributed by atoms with E-state index in [9.17, 15) is 14.0 Å². The predicted octanol–water partition coefficient (Wildman–Crippen LogP) is 2.61. The summed E-state index contributed by atoms with van der Waals surface area (Å²) in [5.74, 6) is -0.0710. The average molecular weight is 332 g/mol. The van der Waals surface area contributed by atoms with Gasteiger partial charge in [-0.05, 0) is 44.0 Å². The average Bonchev–Trinajstić information content (AvgIpc) is 2.50. The summed E-state index contributed by atoms with van der Waals surface area (Å²) < 4.78 is 18.4. The van der Waals surface area contributed by atoms with Crippen LogP contribution in [-0.2, 0) is 11.3 Å². The highest BCUT2D eigenvalue weighted by atomic mass is 19.1. The maximum absolute atomic E-state index is 13.0. The molecule has 0 bridgehead atoms. The van der Waals surface area contributed by atoms with E-state index in [4.69, 9.17) is 4.74 Å². The fourth-order valence-corrected chi connectivity index (χ4v) is 2.36. The highest BCUT2D eigenvalue weighted by molar-refractivity contribution is 5.75. The Morgan fingerprint density at radius 1 is 1.29 bits per heavy atom. The number of benzene rings is 1. The third-order valence-corrected chi connectivity index (χ3v) is 3.57. The highest BCUT2D eigenvalue weighted by Crippen LogP contribution is 2.12. The van der Waals surface area contributed by atoms with Crippen LogP contribution in [0.25, 0.3) is 0 Å². The summed E-state index contributed by atoms with van der Waals surface area (Å²) in [5, 5.41) is 2.73. The first kappa shape index (κ1) is 17.7. The highest BCUT2D eigenvalue weighted by Gasteiger charge is 2.07. The third-order valence-electron chi connectivity index (χ3n) is 3.57. The van der Waals surface area contributed by atoms with Gasteiger partial charge in [-0.3, -0.25) is 9.59 Å². The number of carbonyl (C=O) groups excluding carboxylic acids is 1. The van der Waals surface area contributed by atoms with Crippen molar-refractivity contribution in [3.8, 4) is 5.75 Å². The van der Waals surface area contributed by atoms with Crippen LogP contribution in [0.1, 0.15) is 29.7 Å². The number of halogens is 1. The molecule has 1 aromatic heterocycles. The van der Waals surface area contributed by atoms with Crippen LogP contribution in [0.5, 0.6) is 5.75 Å². The van der Waals surface area contributed by atoms with Crippen molar-refractivity contribution in [1.82, 2.24) is 10.3 Å². The van der Waals surface area contributed by atoms with Crippen LogP contribution in [-0.4, -0.2) is 17.5 Å². The molecule has 1 amide bonds. The largest absolute Gasteiger partial charge is 0.493 e. The summed E-state index contributed by atoms with van der Waals surface area (Å²) in [6.45, 7) is 4.18. The number of aromatic amines is 1. The number of rotatable bonds is 7. The van der Waals surface area contributed by atoms with Crippen LogP contribution >= 0.6 is 0 Å². The zero-order chi connectivity index (χ0) is 17.5. The van der Waals surface area contributed by atoms with Gasteiger partial charge in [-0.15, -0.1) is 0 Å². The molecule has 0 spiro atoms. The van der Waals surface area contributed by atoms with E-state index in [2.05, 4.69) is 10.3 Å². The lowest BCUT2D eigenvalue weighted by Crippen LogP contribution is -2.28. The Morgan fingerprint density at radius 3 is 2.79 bits per heavy atom. The molecule has 0 atom stereocenters. The molecule has 2 aromatic rings. The number of aryl methyl sites for hydroxylation is 2. The lowest BCUT2D eigenvalue weighted by Gasteiger charge is -2.09. The summed E-state index contributed by atoms with van der Waals surface area (Å²) in [6.07, 6.45) is 0.781. The molecule has 0 aliphatic rings. The molecule has 1 aromatic carbocycles. The Bertz CT molecular complexity index is 771. The SMILES string of the molecule is Cc1cc(C)c(CNC(=O)CCCOc2cccc(F)c2)c(=O)[nH]1. The number of pyridine rings is 1. The van der Waals surface area contributed by atoms with Crippen molar-refractivity contribution in [2.75, 3.05) is 6.61 Å². The molecule has 0 fully saturated rings. The number of carbonyl (C=O) groups is 1. The van der Waals surface area contributed by atoms with Crippen LogP contribution < -0.4 is 15.6 Å². The normalized spacial score (nSPS) is 10.5. The number of hydrogen-bond acceptors (Lipinski definition) is 3. The fraction of sp³-hybridized carbons (Fsp3) is 0.333. The summed E-state index contributed by atoms with van der Waals surface area (Å²) >= 11 is 0. The second-order valence-electron chi connectivity index (χ2n) is 5.63. The number of amides is 1. The van der Waals surface area contributed by atoms with E-state index in [-0.39, 0.29) is 30.2 Å². The summed E-state index contributed by atoms with van der Waals surface area (Å²) in [6, 6.07) is 7.74. The number of aromatic nitrogens is 1. The first-order valence-corrected chi connectivity index (χ1v) is 7.80. The monoisotopic (exact) mass is 332 g/mol. The molecule has 2 rings (SSSR count). The maximum atomic E-state index is 13.0. The van der Waals surface area contributed by atoms with Crippen molar-refractivity contribution in [1.29, 1.82) is 0 Å². The second kappa shape index (κ2) is 8.29. The number of hydrogen-bond donors (Lipinski definition) is 2. The van der Waals surface area contributed by atoms with Gasteiger partial charge in [0.05, 0.1) is 6.61 Å². The fourth-order valence-electron chi connectivity index (χ4n) is 2.36. The molecule has 0 aliphatic carbocycles. The van der Waals surface area contributed by atoms with Crippen molar-refractivity contribution >= 4 is 5.91 Å². The Morgan fingerprint density at radius 2 is 2.08 bits per heavy atom. The summed E-state index contributed by atoms with van der Waals surface area (Å²) in [5.41, 5.74) is 2.03. The van der Waals surface area contributed by atoms with Gasteiger partial charge in [-0.1, -0.05) is 6.07 Å². The van der Waals surface area contributed by atoms with Crippen LogP contribution in [0.15, 0.2) is 35.1 Å². The molecule has 0 radical (unpaired) electrons. The van der Waals surface area contributed by atoms with E-state index in [1.807, 2.05) is 19.9 Å². The number of ether oxygens (including phenoxy) is 1. The second-order valence-corrected chi connectivity index (χ2v) is 5.63. The molecule has 0 saturated heterocycles. The van der Waals surface area contributed by atoms with Crippen molar-refractivity contribution in [2.24, 2.45) is 0 Å². The molecule has 24 heavy (non-hydrogen) atoms. The standard InChI is InChI=1S/C18H21FN2O3/c1-12-9-13(2)21-18(23)16(12)11-20-17(22)7-4-8-24-15-6-3-5-14(19)10-15/h3,5-6,9-10H,4,7-8,11H2,1-2H3,(H,20,22)(H,21,23). The molecule has 0 aliphatic heterocycles. The third kappa shape index (κ3) is 5.22. The predicted molar refractivity (Wildman–Crippen MR) is 89.5 cm³/mol. The van der Waals surface area contributed by atoms with E-state index in [0.717, 1.165) is 11.3 Å². The van der Waals surface area contributed by atoms with Crippen LogP contribution in [0.3, 0.4) is 0 Å². The summed E-state index contributed by atoms with van der Waals surface area (Å²) in [7, 11) is 0. The molecule has 5 nitrogen and oxygen atoms in total. The van der Waals surface area contributed by atoms with Gasteiger partial charge in [0.1, 0.15) is 11.6 Å². The minimum atomic E-state index is -0.357. The molecule has 1 heterocycles. The first-order chi connectivity index (χ1) is 11.5. The van der Waals surface area contributed by atoms with Crippen LogP contribution in [0, 0.1) is 19.7 Å². The molecule has 0 saturated carbocycles. The van der Waals surface area contributed by atoms with Crippen LogP contribution in [0.4, 0.5) is 4.39 Å². The van der Waals surface area contributed by atoms with Crippen molar-refractivity contribution < 1.29 is 13.9 Å². The van der Waals surface area contributed by atoms with Gasteiger partial charge in [-0.25, -0.2) is 4.39 Å². The number of nitrogens with one attached hydrogen (secondary N) is 2. The zero-order valence-electron chi connectivity index (χ0n) is 13.8. The molecule has 128 valence electrons. The Hall–Kier alpha value is -2.63. The number of H-pyrrole nitrogens is 1. The Labute approximate surface area is 139 Å².